The summed E-state index contributed by atoms with van der Waals surface area (Å²) in [5.41, 5.74) is 1.96. The molecule has 1 fully saturated rings. The standard InChI is InChI=1S/C18H21ClN2O2S/c19-10-16-12-24-17(20-16)14-6-8-15(9-7-14)21-18(22)23-11-13-4-2-1-3-5-13/h1-5,12,14-15H,6-11H2,(H,21,22). The Morgan fingerprint density at radius 3 is 2.67 bits per heavy atom. The summed E-state index contributed by atoms with van der Waals surface area (Å²) in [7, 11) is 0. The van der Waals surface area contributed by atoms with Crippen LogP contribution in [0.5, 0.6) is 0 Å². The monoisotopic (exact) mass is 364 g/mol. The van der Waals surface area contributed by atoms with E-state index in [4.69, 9.17) is 16.3 Å². The first-order valence-electron chi connectivity index (χ1n) is 8.22. The molecule has 1 N–H and O–H groups in total. The Hall–Kier alpha value is -1.59. The van der Waals surface area contributed by atoms with Crippen LogP contribution in [0.25, 0.3) is 0 Å². The quantitative estimate of drug-likeness (QED) is 0.772. The van der Waals surface area contributed by atoms with Gasteiger partial charge in [-0.05, 0) is 31.2 Å². The fourth-order valence-corrected chi connectivity index (χ4v) is 4.21. The summed E-state index contributed by atoms with van der Waals surface area (Å²) in [5.74, 6) is 0.964. The lowest BCUT2D eigenvalue weighted by atomic mass is 9.86. The first-order valence-corrected chi connectivity index (χ1v) is 9.63. The number of alkyl halides is 1. The topological polar surface area (TPSA) is 51.2 Å². The summed E-state index contributed by atoms with van der Waals surface area (Å²) in [5, 5.41) is 6.19. The molecule has 2 aromatic rings. The van der Waals surface area contributed by atoms with Crippen LogP contribution >= 0.6 is 22.9 Å². The Morgan fingerprint density at radius 1 is 1.25 bits per heavy atom. The second-order valence-electron chi connectivity index (χ2n) is 6.07. The molecule has 0 unspecified atom stereocenters. The Bertz CT molecular complexity index is 654. The Morgan fingerprint density at radius 2 is 2.00 bits per heavy atom. The molecule has 0 atom stereocenters. The summed E-state index contributed by atoms with van der Waals surface area (Å²) in [6, 6.07) is 9.90. The maximum absolute atomic E-state index is 11.9. The van der Waals surface area contributed by atoms with Gasteiger partial charge in [0.15, 0.2) is 0 Å². The summed E-state index contributed by atoms with van der Waals surface area (Å²) in [6.07, 6.45) is 3.67. The van der Waals surface area contributed by atoms with Gasteiger partial charge in [-0.15, -0.1) is 22.9 Å². The average Bonchev–Trinajstić information content (AvgIpc) is 3.11. The zero-order chi connectivity index (χ0) is 16.8. The zero-order valence-electron chi connectivity index (χ0n) is 13.4. The van der Waals surface area contributed by atoms with E-state index in [1.54, 1.807) is 11.3 Å². The number of nitrogens with zero attached hydrogens (tertiary/aromatic N) is 1. The molecule has 1 aromatic carbocycles. The van der Waals surface area contributed by atoms with E-state index in [9.17, 15) is 4.79 Å². The highest BCUT2D eigenvalue weighted by Crippen LogP contribution is 2.34. The molecule has 24 heavy (non-hydrogen) atoms. The number of rotatable bonds is 5. The van der Waals surface area contributed by atoms with Gasteiger partial charge >= 0.3 is 6.09 Å². The number of carbonyl (C=O) groups excluding carboxylic acids is 1. The first-order chi connectivity index (χ1) is 11.7. The second-order valence-corrected chi connectivity index (χ2v) is 7.22. The molecule has 0 aliphatic heterocycles. The number of amides is 1. The molecule has 1 aliphatic rings. The maximum atomic E-state index is 11.9. The van der Waals surface area contributed by atoms with E-state index in [-0.39, 0.29) is 12.1 Å². The molecule has 1 amide bonds. The third-order valence-electron chi connectivity index (χ3n) is 4.32. The van der Waals surface area contributed by atoms with E-state index in [1.807, 2.05) is 35.7 Å². The van der Waals surface area contributed by atoms with Crippen LogP contribution in [0.3, 0.4) is 0 Å². The first kappa shape index (κ1) is 17.2. The number of nitrogens with one attached hydrogen (secondary N) is 1. The van der Waals surface area contributed by atoms with Crippen molar-refractivity contribution in [3.05, 3.63) is 52.0 Å². The number of thiazole rings is 1. The lowest BCUT2D eigenvalue weighted by molar-refractivity contribution is 0.132. The number of alkyl carbamates (subject to hydrolysis) is 1. The van der Waals surface area contributed by atoms with E-state index in [0.717, 1.165) is 36.9 Å². The van der Waals surface area contributed by atoms with Crippen molar-refractivity contribution in [2.24, 2.45) is 0 Å². The molecular weight excluding hydrogens is 344 g/mol. The molecule has 1 aromatic heterocycles. The normalized spacial score (nSPS) is 20.5. The van der Waals surface area contributed by atoms with E-state index in [2.05, 4.69) is 10.3 Å². The molecule has 6 heteroatoms. The summed E-state index contributed by atoms with van der Waals surface area (Å²) in [4.78, 5) is 16.5. The van der Waals surface area contributed by atoms with Crippen molar-refractivity contribution >= 4 is 29.0 Å². The maximum Gasteiger partial charge on any atom is 0.407 e. The minimum atomic E-state index is -0.332. The highest BCUT2D eigenvalue weighted by molar-refractivity contribution is 7.09. The zero-order valence-corrected chi connectivity index (χ0v) is 15.0. The molecule has 3 rings (SSSR count). The molecular formula is C18H21ClN2O2S. The van der Waals surface area contributed by atoms with Gasteiger partial charge in [0.1, 0.15) is 6.61 Å². The minimum absolute atomic E-state index is 0.192. The van der Waals surface area contributed by atoms with Crippen molar-refractivity contribution in [1.29, 1.82) is 0 Å². The lowest BCUT2D eigenvalue weighted by Gasteiger charge is -2.27. The number of halogens is 1. The van der Waals surface area contributed by atoms with E-state index >= 15 is 0 Å². The fraction of sp³-hybridized carbons (Fsp3) is 0.444. The van der Waals surface area contributed by atoms with Gasteiger partial charge in [0.25, 0.3) is 0 Å². The SMILES string of the molecule is O=C(NC1CCC(c2nc(CCl)cs2)CC1)OCc1ccccc1. The van der Waals surface area contributed by atoms with Crippen LogP contribution in [-0.4, -0.2) is 17.1 Å². The molecule has 0 saturated heterocycles. The van der Waals surface area contributed by atoms with Crippen LogP contribution in [0.2, 0.25) is 0 Å². The van der Waals surface area contributed by atoms with Gasteiger partial charge < -0.3 is 10.1 Å². The number of carbonyl (C=O) groups is 1. The van der Waals surface area contributed by atoms with Crippen LogP contribution in [0.4, 0.5) is 4.79 Å². The number of aromatic nitrogens is 1. The molecule has 0 radical (unpaired) electrons. The molecule has 128 valence electrons. The number of hydrogen-bond donors (Lipinski definition) is 1. The molecule has 1 heterocycles. The van der Waals surface area contributed by atoms with Gasteiger partial charge in [-0.25, -0.2) is 9.78 Å². The molecule has 0 bridgehead atoms. The predicted molar refractivity (Wildman–Crippen MR) is 96.4 cm³/mol. The van der Waals surface area contributed by atoms with Gasteiger partial charge in [-0.2, -0.15) is 0 Å². The van der Waals surface area contributed by atoms with Gasteiger partial charge in [0.05, 0.1) is 16.6 Å². The number of hydrogen-bond acceptors (Lipinski definition) is 4. The molecule has 1 aliphatic carbocycles. The summed E-state index contributed by atoms with van der Waals surface area (Å²) in [6.45, 7) is 0.308. The van der Waals surface area contributed by atoms with Crippen LogP contribution in [0, 0.1) is 0 Å². The predicted octanol–water partition coefficient (Wildman–Crippen LogP) is 4.83. The van der Waals surface area contributed by atoms with E-state index in [0.29, 0.717) is 18.4 Å². The van der Waals surface area contributed by atoms with Crippen molar-refractivity contribution in [3.8, 4) is 0 Å². The molecule has 4 nitrogen and oxygen atoms in total. The average molecular weight is 365 g/mol. The van der Waals surface area contributed by atoms with Gasteiger partial charge in [-0.3, -0.25) is 0 Å². The minimum Gasteiger partial charge on any atom is -0.445 e. The fourth-order valence-electron chi connectivity index (χ4n) is 2.99. The summed E-state index contributed by atoms with van der Waals surface area (Å²) < 4.78 is 5.29. The summed E-state index contributed by atoms with van der Waals surface area (Å²) >= 11 is 7.51. The highest BCUT2D eigenvalue weighted by Gasteiger charge is 2.25. The Kier molecular flexibility index (Phi) is 6.10. The van der Waals surface area contributed by atoms with Crippen molar-refractivity contribution in [2.75, 3.05) is 0 Å². The third kappa shape index (κ3) is 4.71. The van der Waals surface area contributed by atoms with Gasteiger partial charge in [0, 0.05) is 17.3 Å². The lowest BCUT2D eigenvalue weighted by Crippen LogP contribution is -2.37. The number of benzene rings is 1. The van der Waals surface area contributed by atoms with E-state index < -0.39 is 0 Å². The Labute approximate surface area is 151 Å². The van der Waals surface area contributed by atoms with Crippen molar-refractivity contribution < 1.29 is 9.53 Å². The van der Waals surface area contributed by atoms with Gasteiger partial charge in [0.2, 0.25) is 0 Å². The Balaban J connectivity index is 1.41. The third-order valence-corrected chi connectivity index (χ3v) is 5.65. The van der Waals surface area contributed by atoms with Crippen LogP contribution in [0.1, 0.15) is 47.9 Å². The van der Waals surface area contributed by atoms with Crippen LogP contribution in [-0.2, 0) is 17.2 Å². The number of ether oxygens (including phenoxy) is 1. The van der Waals surface area contributed by atoms with Crippen molar-refractivity contribution in [2.45, 2.75) is 50.1 Å². The van der Waals surface area contributed by atoms with Crippen molar-refractivity contribution in [3.63, 3.8) is 0 Å². The van der Waals surface area contributed by atoms with Crippen molar-refractivity contribution in [1.82, 2.24) is 10.3 Å². The highest BCUT2D eigenvalue weighted by atomic mass is 35.5. The van der Waals surface area contributed by atoms with Gasteiger partial charge in [-0.1, -0.05) is 30.3 Å². The molecule has 0 spiro atoms. The largest absolute Gasteiger partial charge is 0.445 e. The van der Waals surface area contributed by atoms with E-state index in [1.165, 1.54) is 5.01 Å². The van der Waals surface area contributed by atoms with Crippen LogP contribution < -0.4 is 5.32 Å². The van der Waals surface area contributed by atoms with Crippen LogP contribution in [0.15, 0.2) is 35.7 Å². The molecule has 1 saturated carbocycles. The second kappa shape index (κ2) is 8.49. The smallest absolute Gasteiger partial charge is 0.407 e.